The van der Waals surface area contributed by atoms with Gasteiger partial charge in [-0.15, -0.1) is 0 Å². The maximum atomic E-state index is 12.8. The standard InChI is InChI=1S/C18H20FNO2/c1-13-5-3-4-6-17(13)22-12-14(2)20-18(21)11-15-7-9-16(19)10-8-15/h3-10,14H,11-12H2,1-2H3,(H,20,21)/t14-/m0/s1. The van der Waals surface area contributed by atoms with Gasteiger partial charge in [0.15, 0.2) is 0 Å². The van der Waals surface area contributed by atoms with Crippen molar-refractivity contribution in [3.8, 4) is 5.75 Å². The topological polar surface area (TPSA) is 38.3 Å². The molecule has 0 fully saturated rings. The third-order valence-corrected chi connectivity index (χ3v) is 3.27. The van der Waals surface area contributed by atoms with Crippen molar-refractivity contribution < 1.29 is 13.9 Å². The highest BCUT2D eigenvalue weighted by atomic mass is 19.1. The van der Waals surface area contributed by atoms with Crippen molar-refractivity contribution in [2.24, 2.45) is 0 Å². The van der Waals surface area contributed by atoms with Crippen LogP contribution in [0, 0.1) is 12.7 Å². The summed E-state index contributed by atoms with van der Waals surface area (Å²) in [6.07, 6.45) is 0.231. The van der Waals surface area contributed by atoms with E-state index in [-0.39, 0.29) is 24.2 Å². The van der Waals surface area contributed by atoms with Gasteiger partial charge in [-0.05, 0) is 43.2 Å². The average Bonchev–Trinajstić information content (AvgIpc) is 2.49. The number of carbonyl (C=O) groups excluding carboxylic acids is 1. The molecule has 0 bridgehead atoms. The SMILES string of the molecule is Cc1ccccc1OC[C@H](C)NC(=O)Cc1ccc(F)cc1. The highest BCUT2D eigenvalue weighted by molar-refractivity contribution is 5.78. The first-order chi connectivity index (χ1) is 10.5. The number of aryl methyl sites for hydroxylation is 1. The zero-order chi connectivity index (χ0) is 15.9. The third kappa shape index (κ3) is 4.88. The number of hydrogen-bond acceptors (Lipinski definition) is 2. The number of hydrogen-bond donors (Lipinski definition) is 1. The lowest BCUT2D eigenvalue weighted by Gasteiger charge is -2.16. The Labute approximate surface area is 130 Å². The molecule has 0 spiro atoms. The predicted octanol–water partition coefficient (Wildman–Crippen LogP) is 3.26. The normalized spacial score (nSPS) is 11.8. The molecular formula is C18H20FNO2. The van der Waals surface area contributed by atoms with Gasteiger partial charge in [0.25, 0.3) is 0 Å². The number of para-hydroxylation sites is 1. The van der Waals surface area contributed by atoms with E-state index in [9.17, 15) is 9.18 Å². The molecule has 0 saturated carbocycles. The molecule has 0 unspecified atom stereocenters. The molecule has 0 heterocycles. The van der Waals surface area contributed by atoms with Crippen molar-refractivity contribution in [2.45, 2.75) is 26.3 Å². The summed E-state index contributed by atoms with van der Waals surface area (Å²) in [7, 11) is 0. The number of amides is 1. The van der Waals surface area contributed by atoms with Gasteiger partial charge in [-0.1, -0.05) is 30.3 Å². The van der Waals surface area contributed by atoms with E-state index in [0.29, 0.717) is 6.61 Å². The molecule has 2 aromatic carbocycles. The van der Waals surface area contributed by atoms with Gasteiger partial charge in [0.2, 0.25) is 5.91 Å². The second-order valence-electron chi connectivity index (χ2n) is 5.35. The van der Waals surface area contributed by atoms with E-state index >= 15 is 0 Å². The van der Waals surface area contributed by atoms with Crippen LogP contribution in [0.4, 0.5) is 4.39 Å². The van der Waals surface area contributed by atoms with Gasteiger partial charge < -0.3 is 10.1 Å². The van der Waals surface area contributed by atoms with Crippen LogP contribution >= 0.6 is 0 Å². The predicted molar refractivity (Wildman–Crippen MR) is 84.4 cm³/mol. The zero-order valence-electron chi connectivity index (χ0n) is 12.8. The van der Waals surface area contributed by atoms with Crippen LogP contribution in [0.1, 0.15) is 18.1 Å². The molecule has 1 atom stereocenters. The van der Waals surface area contributed by atoms with Crippen molar-refractivity contribution in [2.75, 3.05) is 6.61 Å². The van der Waals surface area contributed by atoms with Gasteiger partial charge in [-0.25, -0.2) is 4.39 Å². The Kier molecular flexibility index (Phi) is 5.53. The van der Waals surface area contributed by atoms with E-state index in [0.717, 1.165) is 16.9 Å². The molecule has 0 aromatic heterocycles. The molecule has 4 heteroatoms. The first-order valence-electron chi connectivity index (χ1n) is 7.27. The monoisotopic (exact) mass is 301 g/mol. The Morgan fingerprint density at radius 1 is 1.18 bits per heavy atom. The lowest BCUT2D eigenvalue weighted by molar-refractivity contribution is -0.121. The fourth-order valence-corrected chi connectivity index (χ4v) is 2.09. The van der Waals surface area contributed by atoms with Gasteiger partial charge in [-0.3, -0.25) is 4.79 Å². The molecule has 1 amide bonds. The largest absolute Gasteiger partial charge is 0.491 e. The summed E-state index contributed by atoms with van der Waals surface area (Å²) in [5, 5.41) is 2.88. The van der Waals surface area contributed by atoms with Crippen LogP contribution in [-0.4, -0.2) is 18.6 Å². The van der Waals surface area contributed by atoms with Crippen LogP contribution in [0.15, 0.2) is 48.5 Å². The van der Waals surface area contributed by atoms with E-state index in [2.05, 4.69) is 5.32 Å². The Bertz CT molecular complexity index is 625. The summed E-state index contributed by atoms with van der Waals surface area (Å²) in [6, 6.07) is 13.6. The van der Waals surface area contributed by atoms with E-state index in [1.807, 2.05) is 38.1 Å². The number of nitrogens with one attached hydrogen (secondary N) is 1. The van der Waals surface area contributed by atoms with Crippen molar-refractivity contribution >= 4 is 5.91 Å². The van der Waals surface area contributed by atoms with Gasteiger partial charge in [0.1, 0.15) is 18.2 Å². The van der Waals surface area contributed by atoms with Crippen LogP contribution in [0.25, 0.3) is 0 Å². The van der Waals surface area contributed by atoms with Crippen LogP contribution in [0.2, 0.25) is 0 Å². The minimum Gasteiger partial charge on any atom is -0.491 e. The zero-order valence-corrected chi connectivity index (χ0v) is 12.8. The number of halogens is 1. The van der Waals surface area contributed by atoms with Crippen LogP contribution in [-0.2, 0) is 11.2 Å². The first kappa shape index (κ1) is 16.0. The quantitative estimate of drug-likeness (QED) is 0.889. The summed E-state index contributed by atoms with van der Waals surface area (Å²) in [6.45, 7) is 4.27. The molecule has 2 aromatic rings. The van der Waals surface area contributed by atoms with Crippen molar-refractivity contribution in [1.29, 1.82) is 0 Å². The first-order valence-corrected chi connectivity index (χ1v) is 7.27. The Balaban J connectivity index is 1.79. The molecule has 0 saturated heterocycles. The van der Waals surface area contributed by atoms with E-state index in [1.54, 1.807) is 12.1 Å². The maximum Gasteiger partial charge on any atom is 0.224 e. The second kappa shape index (κ2) is 7.59. The Morgan fingerprint density at radius 2 is 1.86 bits per heavy atom. The van der Waals surface area contributed by atoms with Crippen molar-refractivity contribution in [3.63, 3.8) is 0 Å². The van der Waals surface area contributed by atoms with E-state index < -0.39 is 0 Å². The number of benzene rings is 2. The fourth-order valence-electron chi connectivity index (χ4n) is 2.09. The highest BCUT2D eigenvalue weighted by Crippen LogP contribution is 2.16. The number of carbonyl (C=O) groups is 1. The molecule has 0 aliphatic carbocycles. The van der Waals surface area contributed by atoms with Gasteiger partial charge in [-0.2, -0.15) is 0 Å². The summed E-state index contributed by atoms with van der Waals surface area (Å²) in [5.74, 6) is 0.416. The Morgan fingerprint density at radius 3 is 2.55 bits per heavy atom. The van der Waals surface area contributed by atoms with Gasteiger partial charge in [0.05, 0.1) is 12.5 Å². The minimum absolute atomic E-state index is 0.104. The summed E-state index contributed by atoms with van der Waals surface area (Å²) < 4.78 is 18.5. The Hall–Kier alpha value is -2.36. The molecule has 1 N–H and O–H groups in total. The molecule has 3 nitrogen and oxygen atoms in total. The third-order valence-electron chi connectivity index (χ3n) is 3.27. The molecule has 2 rings (SSSR count). The van der Waals surface area contributed by atoms with Crippen LogP contribution in [0.5, 0.6) is 5.75 Å². The molecule has 0 aliphatic rings. The molecule has 116 valence electrons. The lowest BCUT2D eigenvalue weighted by Crippen LogP contribution is -2.37. The molecule has 0 aliphatic heterocycles. The highest BCUT2D eigenvalue weighted by Gasteiger charge is 2.09. The minimum atomic E-state index is -0.302. The van der Waals surface area contributed by atoms with Crippen LogP contribution < -0.4 is 10.1 Å². The fraction of sp³-hybridized carbons (Fsp3) is 0.278. The van der Waals surface area contributed by atoms with Crippen molar-refractivity contribution in [3.05, 3.63) is 65.5 Å². The van der Waals surface area contributed by atoms with Crippen LogP contribution in [0.3, 0.4) is 0 Å². The molecule has 22 heavy (non-hydrogen) atoms. The summed E-state index contributed by atoms with van der Waals surface area (Å²) in [5.41, 5.74) is 1.85. The number of ether oxygens (including phenoxy) is 1. The van der Waals surface area contributed by atoms with Crippen molar-refractivity contribution in [1.82, 2.24) is 5.32 Å². The molecular weight excluding hydrogens is 281 g/mol. The van der Waals surface area contributed by atoms with E-state index in [4.69, 9.17) is 4.74 Å². The lowest BCUT2D eigenvalue weighted by atomic mass is 10.1. The van der Waals surface area contributed by atoms with Gasteiger partial charge >= 0.3 is 0 Å². The average molecular weight is 301 g/mol. The summed E-state index contributed by atoms with van der Waals surface area (Å²) in [4.78, 5) is 11.9. The number of rotatable bonds is 6. The van der Waals surface area contributed by atoms with Gasteiger partial charge in [0, 0.05) is 0 Å². The van der Waals surface area contributed by atoms with E-state index in [1.165, 1.54) is 12.1 Å². The molecule has 0 radical (unpaired) electrons. The summed E-state index contributed by atoms with van der Waals surface area (Å²) >= 11 is 0. The maximum absolute atomic E-state index is 12.8. The smallest absolute Gasteiger partial charge is 0.224 e. The second-order valence-corrected chi connectivity index (χ2v) is 5.35.